The summed E-state index contributed by atoms with van der Waals surface area (Å²) >= 11 is 0. The Bertz CT molecular complexity index is 447. The standard InChI is InChI=1S/C13H16N2O/c14-9-4-5-11-10(8-9)13(12(16)15-11)6-2-1-3-7-13/h4-5,8H,1-3,6-7,14H2,(H,15,16). The first kappa shape index (κ1) is 9.70. The lowest BCUT2D eigenvalue weighted by molar-refractivity contribution is -0.121. The van der Waals surface area contributed by atoms with Crippen molar-refractivity contribution in [2.45, 2.75) is 37.5 Å². The van der Waals surface area contributed by atoms with E-state index in [0.717, 1.165) is 42.6 Å². The first-order valence-corrected chi connectivity index (χ1v) is 5.94. The molecule has 0 radical (unpaired) electrons. The summed E-state index contributed by atoms with van der Waals surface area (Å²) in [5.41, 5.74) is 8.38. The minimum atomic E-state index is -0.275. The molecule has 3 N–H and O–H groups in total. The SMILES string of the molecule is Nc1ccc2c(c1)C1(CCCCC1)C(=O)N2. The molecule has 3 heteroatoms. The Kier molecular flexibility index (Phi) is 1.96. The highest BCUT2D eigenvalue weighted by Gasteiger charge is 2.46. The lowest BCUT2D eigenvalue weighted by Gasteiger charge is -2.31. The number of benzene rings is 1. The number of amides is 1. The number of fused-ring (bicyclic) bond motifs is 2. The van der Waals surface area contributed by atoms with Crippen molar-refractivity contribution in [3.63, 3.8) is 0 Å². The van der Waals surface area contributed by atoms with Gasteiger partial charge in [-0.1, -0.05) is 19.3 Å². The van der Waals surface area contributed by atoms with E-state index in [4.69, 9.17) is 5.73 Å². The van der Waals surface area contributed by atoms with Crippen LogP contribution >= 0.6 is 0 Å². The first-order chi connectivity index (χ1) is 7.72. The van der Waals surface area contributed by atoms with E-state index in [2.05, 4.69) is 5.32 Å². The largest absolute Gasteiger partial charge is 0.399 e. The lowest BCUT2D eigenvalue weighted by Crippen LogP contribution is -2.36. The molecule has 1 aromatic rings. The monoisotopic (exact) mass is 216 g/mol. The van der Waals surface area contributed by atoms with E-state index in [9.17, 15) is 4.79 Å². The molecule has 1 aliphatic heterocycles. The van der Waals surface area contributed by atoms with Crippen molar-refractivity contribution in [1.82, 2.24) is 0 Å². The number of hydrogen-bond donors (Lipinski definition) is 2. The second-order valence-corrected chi connectivity index (χ2v) is 4.90. The van der Waals surface area contributed by atoms with E-state index >= 15 is 0 Å². The molecule has 84 valence electrons. The fourth-order valence-corrected chi connectivity index (χ4v) is 3.08. The molecule has 0 bridgehead atoms. The molecular formula is C13H16N2O. The summed E-state index contributed by atoms with van der Waals surface area (Å²) in [5.74, 6) is 0.174. The number of rotatable bonds is 0. The van der Waals surface area contributed by atoms with Crippen molar-refractivity contribution in [2.75, 3.05) is 11.1 Å². The summed E-state index contributed by atoms with van der Waals surface area (Å²) in [5, 5.41) is 2.99. The van der Waals surface area contributed by atoms with Gasteiger partial charge in [0.25, 0.3) is 0 Å². The highest BCUT2D eigenvalue weighted by Crippen LogP contribution is 2.47. The van der Waals surface area contributed by atoms with Crippen LogP contribution < -0.4 is 11.1 Å². The molecule has 0 atom stereocenters. The topological polar surface area (TPSA) is 55.1 Å². The van der Waals surface area contributed by atoms with Crippen molar-refractivity contribution < 1.29 is 4.79 Å². The van der Waals surface area contributed by atoms with Gasteiger partial charge in [-0.05, 0) is 36.6 Å². The fraction of sp³-hybridized carbons (Fsp3) is 0.462. The van der Waals surface area contributed by atoms with Gasteiger partial charge in [-0.15, -0.1) is 0 Å². The minimum Gasteiger partial charge on any atom is -0.399 e. The van der Waals surface area contributed by atoms with Gasteiger partial charge in [0.05, 0.1) is 5.41 Å². The summed E-state index contributed by atoms with van der Waals surface area (Å²) in [4.78, 5) is 12.2. The maximum Gasteiger partial charge on any atom is 0.235 e. The van der Waals surface area contributed by atoms with Crippen LogP contribution in [0, 0.1) is 0 Å². The van der Waals surface area contributed by atoms with Crippen molar-refractivity contribution in [1.29, 1.82) is 0 Å². The highest BCUT2D eigenvalue weighted by atomic mass is 16.2. The highest BCUT2D eigenvalue weighted by molar-refractivity contribution is 6.06. The number of nitrogens with two attached hydrogens (primary N) is 1. The minimum absolute atomic E-state index is 0.174. The van der Waals surface area contributed by atoms with Crippen LogP contribution in [0.5, 0.6) is 0 Å². The van der Waals surface area contributed by atoms with Crippen LogP contribution in [-0.2, 0) is 10.2 Å². The van der Waals surface area contributed by atoms with Crippen molar-refractivity contribution in [3.8, 4) is 0 Å². The van der Waals surface area contributed by atoms with Gasteiger partial charge < -0.3 is 11.1 Å². The van der Waals surface area contributed by atoms with E-state index < -0.39 is 0 Å². The molecule has 1 aliphatic carbocycles. The fourth-order valence-electron chi connectivity index (χ4n) is 3.08. The van der Waals surface area contributed by atoms with Crippen molar-refractivity contribution in [3.05, 3.63) is 23.8 Å². The third-order valence-corrected chi connectivity index (χ3v) is 3.95. The number of nitrogen functional groups attached to an aromatic ring is 1. The van der Waals surface area contributed by atoms with Crippen LogP contribution in [0.15, 0.2) is 18.2 Å². The number of hydrogen-bond acceptors (Lipinski definition) is 2. The van der Waals surface area contributed by atoms with E-state index in [1.54, 1.807) is 0 Å². The molecular weight excluding hydrogens is 200 g/mol. The van der Waals surface area contributed by atoms with Crippen LogP contribution in [0.4, 0.5) is 11.4 Å². The summed E-state index contributed by atoms with van der Waals surface area (Å²) in [7, 11) is 0. The maximum absolute atomic E-state index is 12.2. The Hall–Kier alpha value is -1.51. The second kappa shape index (κ2) is 3.24. The molecule has 0 saturated heterocycles. The Morgan fingerprint density at radius 2 is 1.94 bits per heavy atom. The Labute approximate surface area is 95.0 Å². The molecule has 1 aromatic carbocycles. The van der Waals surface area contributed by atoms with Crippen molar-refractivity contribution >= 4 is 17.3 Å². The van der Waals surface area contributed by atoms with Gasteiger partial charge in [0.1, 0.15) is 0 Å². The van der Waals surface area contributed by atoms with Gasteiger partial charge in [-0.2, -0.15) is 0 Å². The predicted octanol–water partition coefficient (Wildman–Crippen LogP) is 2.42. The molecule has 1 saturated carbocycles. The van der Waals surface area contributed by atoms with Gasteiger partial charge in [0.15, 0.2) is 0 Å². The molecule has 1 amide bonds. The summed E-state index contributed by atoms with van der Waals surface area (Å²) < 4.78 is 0. The average Bonchev–Trinajstić information content (AvgIpc) is 2.55. The smallest absolute Gasteiger partial charge is 0.235 e. The Morgan fingerprint density at radius 1 is 1.19 bits per heavy atom. The number of carbonyl (C=O) groups is 1. The van der Waals surface area contributed by atoms with Gasteiger partial charge in [-0.25, -0.2) is 0 Å². The molecule has 3 nitrogen and oxygen atoms in total. The van der Waals surface area contributed by atoms with Crippen LogP contribution in [0.2, 0.25) is 0 Å². The number of nitrogens with one attached hydrogen (secondary N) is 1. The van der Waals surface area contributed by atoms with Crippen molar-refractivity contribution in [2.24, 2.45) is 0 Å². The van der Waals surface area contributed by atoms with Crippen LogP contribution in [0.3, 0.4) is 0 Å². The zero-order valence-corrected chi connectivity index (χ0v) is 9.25. The Morgan fingerprint density at radius 3 is 2.69 bits per heavy atom. The van der Waals surface area contributed by atoms with Crippen LogP contribution in [0.1, 0.15) is 37.7 Å². The Balaban J connectivity index is 2.13. The first-order valence-electron chi connectivity index (χ1n) is 5.94. The van der Waals surface area contributed by atoms with Gasteiger partial charge in [-0.3, -0.25) is 4.79 Å². The molecule has 0 aromatic heterocycles. The van der Waals surface area contributed by atoms with E-state index in [1.165, 1.54) is 6.42 Å². The van der Waals surface area contributed by atoms with Crippen LogP contribution in [-0.4, -0.2) is 5.91 Å². The number of carbonyl (C=O) groups excluding carboxylic acids is 1. The molecule has 0 unspecified atom stereocenters. The lowest BCUT2D eigenvalue weighted by atomic mass is 9.70. The normalized spacial score (nSPS) is 21.9. The predicted molar refractivity (Wildman–Crippen MR) is 64.2 cm³/mol. The zero-order valence-electron chi connectivity index (χ0n) is 9.25. The zero-order chi connectivity index (χ0) is 11.2. The maximum atomic E-state index is 12.2. The average molecular weight is 216 g/mol. The summed E-state index contributed by atoms with van der Waals surface area (Å²) in [6.45, 7) is 0. The van der Waals surface area contributed by atoms with Crippen LogP contribution in [0.25, 0.3) is 0 Å². The van der Waals surface area contributed by atoms with E-state index in [1.807, 2.05) is 18.2 Å². The second-order valence-electron chi connectivity index (χ2n) is 4.90. The molecule has 1 spiro atoms. The summed E-state index contributed by atoms with van der Waals surface area (Å²) in [6.07, 6.45) is 5.46. The van der Waals surface area contributed by atoms with E-state index in [-0.39, 0.29) is 11.3 Å². The summed E-state index contributed by atoms with van der Waals surface area (Å²) in [6, 6.07) is 5.74. The third-order valence-electron chi connectivity index (χ3n) is 3.95. The van der Waals surface area contributed by atoms with Gasteiger partial charge in [0.2, 0.25) is 5.91 Å². The van der Waals surface area contributed by atoms with Gasteiger partial charge >= 0.3 is 0 Å². The van der Waals surface area contributed by atoms with Gasteiger partial charge in [0, 0.05) is 11.4 Å². The molecule has 16 heavy (non-hydrogen) atoms. The molecule has 1 heterocycles. The molecule has 2 aliphatic rings. The van der Waals surface area contributed by atoms with E-state index in [0.29, 0.717) is 0 Å². The molecule has 3 rings (SSSR count). The number of anilines is 2. The quantitative estimate of drug-likeness (QED) is 0.654. The third kappa shape index (κ3) is 1.17. The molecule has 1 fully saturated rings.